The first-order valence-electron chi connectivity index (χ1n) is 8.42. The molecule has 3 N–H and O–H groups in total. The Hall–Kier alpha value is -1.26. The molecular weight excluding hydrogens is 268 g/mol. The number of hydrogen-bond donors (Lipinski definition) is 3. The van der Waals surface area contributed by atoms with Crippen molar-refractivity contribution in [1.82, 2.24) is 10.6 Å². The molecule has 0 aromatic heterocycles. The van der Waals surface area contributed by atoms with E-state index in [-0.39, 0.29) is 18.0 Å². The lowest BCUT2D eigenvalue weighted by molar-refractivity contribution is -0.143. The fraction of sp³-hybridized carbons (Fsp3) is 0.875. The number of carboxylic acids is 1. The van der Waals surface area contributed by atoms with Gasteiger partial charge >= 0.3 is 12.0 Å². The van der Waals surface area contributed by atoms with Gasteiger partial charge in [0.05, 0.1) is 5.92 Å². The van der Waals surface area contributed by atoms with Crippen LogP contribution < -0.4 is 10.6 Å². The molecule has 2 amide bonds. The Balaban J connectivity index is 1.61. The highest BCUT2D eigenvalue weighted by Gasteiger charge is 2.27. The first-order valence-corrected chi connectivity index (χ1v) is 8.42. The van der Waals surface area contributed by atoms with Gasteiger partial charge in [0.2, 0.25) is 0 Å². The lowest BCUT2D eigenvalue weighted by atomic mass is 9.86. The maximum absolute atomic E-state index is 11.9. The van der Waals surface area contributed by atoms with Crippen LogP contribution in [0.1, 0.15) is 64.2 Å². The van der Waals surface area contributed by atoms with Crippen LogP contribution in [0, 0.1) is 11.8 Å². The van der Waals surface area contributed by atoms with E-state index in [4.69, 9.17) is 5.11 Å². The van der Waals surface area contributed by atoms with E-state index in [1.165, 1.54) is 32.1 Å². The molecule has 0 heterocycles. The fourth-order valence-electron chi connectivity index (χ4n) is 3.65. The van der Waals surface area contributed by atoms with Crippen molar-refractivity contribution < 1.29 is 14.7 Å². The van der Waals surface area contributed by atoms with Gasteiger partial charge in [-0.3, -0.25) is 4.79 Å². The Labute approximate surface area is 126 Å². The minimum atomic E-state index is -0.737. The van der Waals surface area contributed by atoms with Crippen LogP contribution in [0.4, 0.5) is 4.79 Å². The highest BCUT2D eigenvalue weighted by Crippen LogP contribution is 2.26. The minimum Gasteiger partial charge on any atom is -0.481 e. The van der Waals surface area contributed by atoms with Gasteiger partial charge in [-0.05, 0) is 31.6 Å². The van der Waals surface area contributed by atoms with Gasteiger partial charge in [0.25, 0.3) is 0 Å². The van der Waals surface area contributed by atoms with E-state index < -0.39 is 5.97 Å². The molecule has 0 aromatic carbocycles. The summed E-state index contributed by atoms with van der Waals surface area (Å²) in [6.45, 7) is 0.728. The summed E-state index contributed by atoms with van der Waals surface area (Å²) in [6, 6.07) is -0.128. The molecule has 21 heavy (non-hydrogen) atoms. The number of urea groups is 1. The minimum absolute atomic E-state index is 0.00882. The van der Waals surface area contributed by atoms with Crippen molar-refractivity contribution in [3.63, 3.8) is 0 Å². The topological polar surface area (TPSA) is 78.4 Å². The number of aliphatic carboxylic acids is 1. The van der Waals surface area contributed by atoms with E-state index in [0.29, 0.717) is 6.42 Å². The Kier molecular flexibility index (Phi) is 6.33. The molecule has 0 bridgehead atoms. The number of carboxylic acid groups (broad SMARTS) is 1. The van der Waals surface area contributed by atoms with Crippen LogP contribution in [-0.2, 0) is 4.79 Å². The molecule has 120 valence electrons. The van der Waals surface area contributed by atoms with E-state index >= 15 is 0 Å². The SMILES string of the molecule is O=C(NCCC1CCCCC1)NC1CCCC(C(=O)O)C1. The molecule has 5 nitrogen and oxygen atoms in total. The van der Waals surface area contributed by atoms with Crippen molar-refractivity contribution in [2.24, 2.45) is 11.8 Å². The number of carbonyl (C=O) groups is 2. The van der Waals surface area contributed by atoms with Gasteiger partial charge < -0.3 is 15.7 Å². The molecule has 2 rings (SSSR count). The van der Waals surface area contributed by atoms with Crippen LogP contribution in [0.15, 0.2) is 0 Å². The highest BCUT2D eigenvalue weighted by atomic mass is 16.4. The van der Waals surface area contributed by atoms with Gasteiger partial charge in [-0.25, -0.2) is 4.79 Å². The molecule has 2 saturated carbocycles. The second-order valence-electron chi connectivity index (χ2n) is 6.59. The van der Waals surface area contributed by atoms with Crippen LogP contribution in [0.5, 0.6) is 0 Å². The van der Waals surface area contributed by atoms with Gasteiger partial charge in [-0.1, -0.05) is 38.5 Å². The number of carbonyl (C=O) groups excluding carboxylic acids is 1. The lowest BCUT2D eigenvalue weighted by Gasteiger charge is -2.27. The van der Waals surface area contributed by atoms with Gasteiger partial charge in [0, 0.05) is 12.6 Å². The van der Waals surface area contributed by atoms with Crippen LogP contribution >= 0.6 is 0 Å². The molecule has 0 aliphatic heterocycles. The van der Waals surface area contributed by atoms with E-state index in [1.54, 1.807) is 0 Å². The highest BCUT2D eigenvalue weighted by molar-refractivity contribution is 5.74. The zero-order valence-electron chi connectivity index (χ0n) is 12.8. The summed E-state index contributed by atoms with van der Waals surface area (Å²) >= 11 is 0. The first kappa shape index (κ1) is 16.1. The Morgan fingerprint density at radius 1 is 1.00 bits per heavy atom. The lowest BCUT2D eigenvalue weighted by Crippen LogP contribution is -2.45. The standard InChI is InChI=1S/C16H28N2O3/c19-15(20)13-7-4-8-14(11-13)18-16(21)17-10-9-12-5-2-1-3-6-12/h12-14H,1-11H2,(H,19,20)(H2,17,18,21). The summed E-state index contributed by atoms with van der Waals surface area (Å²) in [5, 5.41) is 14.9. The zero-order chi connectivity index (χ0) is 15.1. The smallest absolute Gasteiger partial charge is 0.315 e. The molecule has 2 unspecified atom stereocenters. The third-order valence-electron chi connectivity index (χ3n) is 4.92. The molecule has 0 spiro atoms. The summed E-state index contributed by atoms with van der Waals surface area (Å²) in [6.07, 6.45) is 10.7. The van der Waals surface area contributed by atoms with Gasteiger partial charge in [-0.15, -0.1) is 0 Å². The molecule has 0 aromatic rings. The number of hydrogen-bond acceptors (Lipinski definition) is 2. The molecule has 2 aliphatic rings. The summed E-state index contributed by atoms with van der Waals surface area (Å²) in [7, 11) is 0. The third-order valence-corrected chi connectivity index (χ3v) is 4.92. The fourth-order valence-corrected chi connectivity index (χ4v) is 3.65. The predicted octanol–water partition coefficient (Wildman–Crippen LogP) is 2.90. The van der Waals surface area contributed by atoms with E-state index in [1.807, 2.05) is 0 Å². The molecule has 2 aliphatic carbocycles. The Morgan fingerprint density at radius 3 is 2.48 bits per heavy atom. The molecule has 2 atom stereocenters. The average Bonchev–Trinajstić information content (AvgIpc) is 2.48. The normalized spacial score (nSPS) is 27.0. The van der Waals surface area contributed by atoms with Gasteiger partial charge in [-0.2, -0.15) is 0 Å². The van der Waals surface area contributed by atoms with Crippen molar-refractivity contribution in [2.45, 2.75) is 70.3 Å². The second kappa shape index (κ2) is 8.25. The Bertz CT molecular complexity index is 353. The van der Waals surface area contributed by atoms with Crippen molar-refractivity contribution >= 4 is 12.0 Å². The Morgan fingerprint density at radius 2 is 1.76 bits per heavy atom. The largest absolute Gasteiger partial charge is 0.481 e. The van der Waals surface area contributed by atoms with E-state index in [0.717, 1.165) is 38.1 Å². The second-order valence-corrected chi connectivity index (χ2v) is 6.59. The third kappa shape index (κ3) is 5.56. The van der Waals surface area contributed by atoms with Crippen LogP contribution in [0.3, 0.4) is 0 Å². The number of nitrogens with one attached hydrogen (secondary N) is 2. The molecule has 0 saturated heterocycles. The van der Waals surface area contributed by atoms with Crippen molar-refractivity contribution in [2.75, 3.05) is 6.54 Å². The summed E-state index contributed by atoms with van der Waals surface area (Å²) in [5.41, 5.74) is 0. The van der Waals surface area contributed by atoms with Gasteiger partial charge in [0.15, 0.2) is 0 Å². The molecular formula is C16H28N2O3. The number of amides is 2. The molecule has 2 fully saturated rings. The summed E-state index contributed by atoms with van der Waals surface area (Å²) in [4.78, 5) is 22.9. The molecule has 5 heteroatoms. The quantitative estimate of drug-likeness (QED) is 0.730. The van der Waals surface area contributed by atoms with E-state index in [9.17, 15) is 9.59 Å². The van der Waals surface area contributed by atoms with Crippen molar-refractivity contribution in [1.29, 1.82) is 0 Å². The van der Waals surface area contributed by atoms with Crippen LogP contribution in [0.25, 0.3) is 0 Å². The predicted molar refractivity (Wildman–Crippen MR) is 81.1 cm³/mol. The van der Waals surface area contributed by atoms with Gasteiger partial charge in [0.1, 0.15) is 0 Å². The van der Waals surface area contributed by atoms with Crippen molar-refractivity contribution in [3.05, 3.63) is 0 Å². The van der Waals surface area contributed by atoms with E-state index in [2.05, 4.69) is 10.6 Å². The maximum atomic E-state index is 11.9. The molecule has 0 radical (unpaired) electrons. The summed E-state index contributed by atoms with van der Waals surface area (Å²) < 4.78 is 0. The van der Waals surface area contributed by atoms with Crippen molar-refractivity contribution in [3.8, 4) is 0 Å². The average molecular weight is 296 g/mol. The number of rotatable bonds is 5. The van der Waals surface area contributed by atoms with Crippen LogP contribution in [0.2, 0.25) is 0 Å². The summed E-state index contributed by atoms with van der Waals surface area (Å²) in [5.74, 6) is -0.268. The first-order chi connectivity index (χ1) is 10.1. The van der Waals surface area contributed by atoms with Crippen LogP contribution in [-0.4, -0.2) is 29.7 Å². The zero-order valence-corrected chi connectivity index (χ0v) is 12.8. The monoisotopic (exact) mass is 296 g/mol. The maximum Gasteiger partial charge on any atom is 0.315 e.